The monoisotopic (exact) mass is 382 g/mol. The van der Waals surface area contributed by atoms with Crippen molar-refractivity contribution in [3.05, 3.63) is 29.5 Å². The number of ether oxygens (including phenoxy) is 1. The Morgan fingerprint density at radius 2 is 2.26 bits per heavy atom. The van der Waals surface area contributed by atoms with Crippen molar-refractivity contribution in [2.75, 3.05) is 25.0 Å². The van der Waals surface area contributed by atoms with Crippen molar-refractivity contribution in [1.82, 2.24) is 25.1 Å². The van der Waals surface area contributed by atoms with Gasteiger partial charge in [-0.25, -0.2) is 4.98 Å². The second-order valence-electron chi connectivity index (χ2n) is 6.93. The van der Waals surface area contributed by atoms with E-state index in [2.05, 4.69) is 30.4 Å². The number of hydrogen-bond acceptors (Lipinski definition) is 8. The third kappa shape index (κ3) is 3.29. The third-order valence-corrected chi connectivity index (χ3v) is 5.86. The molecular formula is C18H18N6O2S. The number of aromatic nitrogens is 4. The number of morpholine rings is 1. The zero-order valence-corrected chi connectivity index (χ0v) is 15.6. The molecule has 0 spiro atoms. The Morgan fingerprint density at radius 1 is 1.33 bits per heavy atom. The van der Waals surface area contributed by atoms with Gasteiger partial charge in [-0.3, -0.25) is 14.7 Å². The van der Waals surface area contributed by atoms with Crippen LogP contribution in [0, 0.1) is 6.92 Å². The second kappa shape index (κ2) is 6.59. The van der Waals surface area contributed by atoms with Crippen LogP contribution >= 0.6 is 11.3 Å². The van der Waals surface area contributed by atoms with Gasteiger partial charge in [0.15, 0.2) is 0 Å². The summed E-state index contributed by atoms with van der Waals surface area (Å²) in [6.45, 7) is 3.85. The maximum atomic E-state index is 12.4. The van der Waals surface area contributed by atoms with Gasteiger partial charge in [0.1, 0.15) is 15.8 Å². The summed E-state index contributed by atoms with van der Waals surface area (Å²) >= 11 is 1.52. The van der Waals surface area contributed by atoms with E-state index in [-0.39, 0.29) is 12.0 Å². The van der Waals surface area contributed by atoms with E-state index in [0.717, 1.165) is 46.1 Å². The van der Waals surface area contributed by atoms with Crippen LogP contribution in [0.15, 0.2) is 24.5 Å². The Kier molecular flexibility index (Phi) is 4.07. The minimum Gasteiger partial charge on any atom is -0.375 e. The number of pyridine rings is 2. The summed E-state index contributed by atoms with van der Waals surface area (Å²) in [5.41, 5.74) is 1.68. The topological polar surface area (TPSA) is 93.1 Å². The van der Waals surface area contributed by atoms with Crippen LogP contribution in [0.2, 0.25) is 0 Å². The highest BCUT2D eigenvalue weighted by Crippen LogP contribution is 2.28. The number of hydrogen-bond donors (Lipinski definition) is 1. The number of carbonyl (C=O) groups is 1. The summed E-state index contributed by atoms with van der Waals surface area (Å²) in [5.74, 6) is 0.471. The van der Waals surface area contributed by atoms with Crippen LogP contribution in [-0.2, 0) is 9.53 Å². The summed E-state index contributed by atoms with van der Waals surface area (Å²) in [5, 5.41) is 13.8. The minimum atomic E-state index is -0.0572. The zero-order chi connectivity index (χ0) is 18.4. The predicted octanol–water partition coefficient (Wildman–Crippen LogP) is 1.87. The van der Waals surface area contributed by atoms with Crippen LogP contribution in [0.25, 0.3) is 21.5 Å². The number of nitrogens with one attached hydrogen (secondary N) is 1. The number of amides is 1. The number of rotatable bonds is 4. The van der Waals surface area contributed by atoms with E-state index in [0.29, 0.717) is 18.4 Å². The van der Waals surface area contributed by atoms with Gasteiger partial charge in [0.2, 0.25) is 5.91 Å². The molecule has 9 heteroatoms. The van der Waals surface area contributed by atoms with Crippen LogP contribution in [0.4, 0.5) is 5.82 Å². The SMILES string of the molecule is Cc1nnc(-c2cnc3cnc(NC(=O)CN4C[C@H]5C[C@@H]4CO5)cc3c2)s1. The molecule has 8 nitrogen and oxygen atoms in total. The third-order valence-electron chi connectivity index (χ3n) is 4.97. The highest BCUT2D eigenvalue weighted by atomic mass is 32.1. The Balaban J connectivity index is 1.33. The Hall–Kier alpha value is -2.49. The predicted molar refractivity (Wildman–Crippen MR) is 102 cm³/mol. The minimum absolute atomic E-state index is 0.0572. The highest BCUT2D eigenvalue weighted by Gasteiger charge is 2.39. The molecule has 1 amide bonds. The van der Waals surface area contributed by atoms with E-state index in [1.165, 1.54) is 11.3 Å². The highest BCUT2D eigenvalue weighted by molar-refractivity contribution is 7.14. The largest absolute Gasteiger partial charge is 0.375 e. The molecule has 2 aliphatic heterocycles. The van der Waals surface area contributed by atoms with Gasteiger partial charge in [-0.1, -0.05) is 11.3 Å². The van der Waals surface area contributed by atoms with Gasteiger partial charge < -0.3 is 10.1 Å². The molecule has 2 fully saturated rings. The van der Waals surface area contributed by atoms with E-state index < -0.39 is 0 Å². The lowest BCUT2D eigenvalue weighted by atomic mass is 10.2. The molecule has 2 saturated heterocycles. The molecule has 0 aliphatic carbocycles. The van der Waals surface area contributed by atoms with E-state index in [1.807, 2.05) is 19.1 Å². The van der Waals surface area contributed by atoms with E-state index in [1.54, 1.807) is 12.4 Å². The van der Waals surface area contributed by atoms with E-state index >= 15 is 0 Å². The number of likely N-dealkylation sites (tertiary alicyclic amines) is 1. The number of anilines is 1. The van der Waals surface area contributed by atoms with Gasteiger partial charge in [0.05, 0.1) is 31.0 Å². The van der Waals surface area contributed by atoms with Gasteiger partial charge in [0.25, 0.3) is 0 Å². The molecule has 0 saturated carbocycles. The first kappa shape index (κ1) is 16.7. The van der Waals surface area contributed by atoms with Gasteiger partial charge in [0, 0.05) is 29.7 Å². The van der Waals surface area contributed by atoms with Gasteiger partial charge in [-0.2, -0.15) is 0 Å². The van der Waals surface area contributed by atoms with Crippen molar-refractivity contribution < 1.29 is 9.53 Å². The molecule has 0 aromatic carbocycles. The first-order valence-electron chi connectivity index (χ1n) is 8.86. The molecule has 1 N–H and O–H groups in total. The second-order valence-corrected chi connectivity index (χ2v) is 8.12. The van der Waals surface area contributed by atoms with Crippen LogP contribution in [0.3, 0.4) is 0 Å². The van der Waals surface area contributed by atoms with Crippen molar-refractivity contribution in [2.45, 2.75) is 25.5 Å². The van der Waals surface area contributed by atoms with Gasteiger partial charge in [-0.15, -0.1) is 10.2 Å². The summed E-state index contributed by atoms with van der Waals surface area (Å²) in [6, 6.07) is 4.21. The average Bonchev–Trinajstić information content (AvgIpc) is 3.38. The standard InChI is InChI=1S/C18H18N6O2S/c1-10-22-23-18(27-10)12-2-11-3-16(20-6-15(11)19-5-12)21-17(25)8-24-7-14-4-13(24)9-26-14/h2-3,5-6,13-14H,4,7-9H2,1H3,(H,20,21,25)/t13-,14-/m1/s1. The van der Waals surface area contributed by atoms with Crippen molar-refractivity contribution in [3.63, 3.8) is 0 Å². The fourth-order valence-corrected chi connectivity index (χ4v) is 4.34. The van der Waals surface area contributed by atoms with E-state index in [9.17, 15) is 4.79 Å². The summed E-state index contributed by atoms with van der Waals surface area (Å²) < 4.78 is 5.58. The lowest BCUT2D eigenvalue weighted by molar-refractivity contribution is -0.118. The van der Waals surface area contributed by atoms with Crippen LogP contribution < -0.4 is 5.32 Å². The fourth-order valence-electron chi connectivity index (χ4n) is 3.67. The molecule has 0 radical (unpaired) electrons. The normalized spacial score (nSPS) is 21.8. The first-order chi connectivity index (χ1) is 13.1. The van der Waals surface area contributed by atoms with Crippen molar-refractivity contribution in [3.8, 4) is 10.6 Å². The number of aryl methyl sites for hydroxylation is 1. The molecule has 5 rings (SSSR count). The van der Waals surface area contributed by atoms with E-state index in [4.69, 9.17) is 4.74 Å². The zero-order valence-electron chi connectivity index (χ0n) is 14.8. The number of nitrogens with zero attached hydrogens (tertiary/aromatic N) is 5. The number of carbonyl (C=O) groups excluding carboxylic acids is 1. The Labute approximate surface area is 159 Å². The molecule has 2 aliphatic rings. The quantitative estimate of drug-likeness (QED) is 0.736. The van der Waals surface area contributed by atoms with Crippen LogP contribution in [0.5, 0.6) is 0 Å². The smallest absolute Gasteiger partial charge is 0.239 e. The molecule has 3 aromatic heterocycles. The molecule has 3 aromatic rings. The van der Waals surface area contributed by atoms with Crippen molar-refractivity contribution in [2.24, 2.45) is 0 Å². The average molecular weight is 382 g/mol. The number of fused-ring (bicyclic) bond motifs is 3. The van der Waals surface area contributed by atoms with Crippen molar-refractivity contribution >= 4 is 34.0 Å². The molecular weight excluding hydrogens is 364 g/mol. The molecule has 5 heterocycles. The van der Waals surface area contributed by atoms with Gasteiger partial charge >= 0.3 is 0 Å². The van der Waals surface area contributed by atoms with Crippen molar-refractivity contribution in [1.29, 1.82) is 0 Å². The van der Waals surface area contributed by atoms with Gasteiger partial charge in [-0.05, 0) is 25.5 Å². The summed E-state index contributed by atoms with van der Waals surface area (Å²) in [6.07, 6.45) is 4.76. The first-order valence-corrected chi connectivity index (χ1v) is 9.67. The summed E-state index contributed by atoms with van der Waals surface area (Å²) in [7, 11) is 0. The maximum absolute atomic E-state index is 12.4. The van der Waals surface area contributed by atoms with Crippen LogP contribution in [-0.4, -0.2) is 62.8 Å². The lowest BCUT2D eigenvalue weighted by Crippen LogP contribution is -2.41. The molecule has 2 bridgehead atoms. The maximum Gasteiger partial charge on any atom is 0.239 e. The summed E-state index contributed by atoms with van der Waals surface area (Å²) in [4.78, 5) is 23.3. The van der Waals surface area contributed by atoms with Crippen LogP contribution in [0.1, 0.15) is 11.4 Å². The molecule has 138 valence electrons. The fraction of sp³-hybridized carbons (Fsp3) is 0.389. The Bertz CT molecular complexity index is 1020. The molecule has 27 heavy (non-hydrogen) atoms. The molecule has 0 unspecified atom stereocenters. The lowest BCUT2D eigenvalue weighted by Gasteiger charge is -2.25. The Morgan fingerprint density at radius 3 is 3.00 bits per heavy atom. The molecule has 2 atom stereocenters.